The van der Waals surface area contributed by atoms with Gasteiger partial charge in [0.25, 0.3) is 0 Å². The first kappa shape index (κ1) is 11.7. The Labute approximate surface area is 100 Å². The summed E-state index contributed by atoms with van der Waals surface area (Å²) in [6, 6.07) is 9.43. The van der Waals surface area contributed by atoms with Crippen molar-refractivity contribution >= 4 is 5.69 Å². The number of aromatic nitrogens is 1. The zero-order chi connectivity index (χ0) is 12.4. The van der Waals surface area contributed by atoms with E-state index in [0.717, 1.165) is 11.3 Å². The Morgan fingerprint density at radius 1 is 1.12 bits per heavy atom. The van der Waals surface area contributed by atoms with Crippen molar-refractivity contribution in [3.8, 4) is 5.69 Å². The van der Waals surface area contributed by atoms with Crippen molar-refractivity contribution in [3.05, 3.63) is 48.3 Å². The van der Waals surface area contributed by atoms with Crippen LogP contribution in [0.4, 0.5) is 5.69 Å². The van der Waals surface area contributed by atoms with Gasteiger partial charge in [0.05, 0.1) is 5.69 Å². The van der Waals surface area contributed by atoms with Gasteiger partial charge < -0.3 is 4.57 Å². The molecule has 90 valence electrons. The van der Waals surface area contributed by atoms with Gasteiger partial charge in [-0.05, 0) is 35.7 Å². The third-order valence-electron chi connectivity index (χ3n) is 2.76. The Kier molecular flexibility index (Phi) is 3.17. The summed E-state index contributed by atoms with van der Waals surface area (Å²) in [7, 11) is 0. The standard InChI is InChI=1S/C13H16N2O2/c1-10(2)11-5-6-12(13(9-11)15(16)17)14-7-3-4-8-14/h3-10,16-17H,1-2H3. The molecule has 1 aromatic carbocycles. The lowest BCUT2D eigenvalue weighted by Gasteiger charge is -2.17. The van der Waals surface area contributed by atoms with Crippen molar-refractivity contribution in [2.45, 2.75) is 19.8 Å². The van der Waals surface area contributed by atoms with Gasteiger partial charge in [0.2, 0.25) is 0 Å². The van der Waals surface area contributed by atoms with E-state index in [0.29, 0.717) is 11.6 Å². The second-order valence-corrected chi connectivity index (χ2v) is 4.28. The fraction of sp³-hybridized carbons (Fsp3) is 0.231. The molecule has 2 aromatic rings. The largest absolute Gasteiger partial charge is 0.322 e. The van der Waals surface area contributed by atoms with E-state index in [1.807, 2.05) is 41.2 Å². The molecule has 0 aliphatic heterocycles. The monoisotopic (exact) mass is 232 g/mol. The summed E-state index contributed by atoms with van der Waals surface area (Å²) in [6.07, 6.45) is 3.72. The van der Waals surface area contributed by atoms with Crippen LogP contribution < -0.4 is 5.23 Å². The smallest absolute Gasteiger partial charge is 0.118 e. The molecule has 0 saturated heterocycles. The Hall–Kier alpha value is -1.78. The average Bonchev–Trinajstić information content (AvgIpc) is 2.81. The molecular formula is C13H16N2O2. The maximum Gasteiger partial charge on any atom is 0.118 e. The molecule has 0 radical (unpaired) electrons. The van der Waals surface area contributed by atoms with E-state index >= 15 is 0 Å². The van der Waals surface area contributed by atoms with Crippen molar-refractivity contribution in [2.75, 3.05) is 5.23 Å². The first-order chi connectivity index (χ1) is 8.09. The lowest BCUT2D eigenvalue weighted by atomic mass is 10.0. The lowest BCUT2D eigenvalue weighted by molar-refractivity contribution is 0.0291. The van der Waals surface area contributed by atoms with E-state index in [2.05, 4.69) is 13.8 Å². The van der Waals surface area contributed by atoms with Crippen molar-refractivity contribution < 1.29 is 10.4 Å². The SMILES string of the molecule is CC(C)c1ccc(-n2cccc2)c(N(O)O)c1. The molecule has 0 bridgehead atoms. The second-order valence-electron chi connectivity index (χ2n) is 4.28. The molecule has 1 heterocycles. The topological polar surface area (TPSA) is 48.6 Å². The molecule has 0 fully saturated rings. The van der Waals surface area contributed by atoms with Gasteiger partial charge in [0.1, 0.15) is 5.69 Å². The van der Waals surface area contributed by atoms with Crippen LogP contribution in [-0.2, 0) is 0 Å². The highest BCUT2D eigenvalue weighted by Gasteiger charge is 2.11. The van der Waals surface area contributed by atoms with Crippen LogP contribution in [0.1, 0.15) is 25.3 Å². The van der Waals surface area contributed by atoms with Gasteiger partial charge >= 0.3 is 0 Å². The molecule has 2 rings (SSSR count). The Morgan fingerprint density at radius 2 is 1.76 bits per heavy atom. The van der Waals surface area contributed by atoms with E-state index < -0.39 is 0 Å². The number of rotatable bonds is 3. The minimum absolute atomic E-state index is 0.168. The molecule has 4 heteroatoms. The van der Waals surface area contributed by atoms with Crippen LogP contribution >= 0.6 is 0 Å². The molecule has 0 atom stereocenters. The van der Waals surface area contributed by atoms with E-state index in [9.17, 15) is 10.4 Å². The van der Waals surface area contributed by atoms with E-state index in [-0.39, 0.29) is 5.23 Å². The Balaban J connectivity index is 2.53. The minimum Gasteiger partial charge on any atom is -0.322 e. The summed E-state index contributed by atoms with van der Waals surface area (Å²) < 4.78 is 1.83. The van der Waals surface area contributed by atoms with Crippen LogP contribution in [0, 0.1) is 0 Å². The molecule has 0 aliphatic rings. The molecule has 0 amide bonds. The highest BCUT2D eigenvalue weighted by Crippen LogP contribution is 2.27. The van der Waals surface area contributed by atoms with E-state index in [4.69, 9.17) is 0 Å². The predicted molar refractivity (Wildman–Crippen MR) is 65.9 cm³/mol. The third-order valence-corrected chi connectivity index (χ3v) is 2.76. The molecule has 4 nitrogen and oxygen atoms in total. The van der Waals surface area contributed by atoms with Gasteiger partial charge in [-0.25, -0.2) is 0 Å². The van der Waals surface area contributed by atoms with Crippen molar-refractivity contribution in [3.63, 3.8) is 0 Å². The fourth-order valence-corrected chi connectivity index (χ4v) is 1.77. The number of nitrogens with zero attached hydrogens (tertiary/aromatic N) is 2. The van der Waals surface area contributed by atoms with E-state index in [1.54, 1.807) is 6.07 Å². The first-order valence-electron chi connectivity index (χ1n) is 5.55. The van der Waals surface area contributed by atoms with Crippen LogP contribution in [0.3, 0.4) is 0 Å². The lowest BCUT2D eigenvalue weighted by Crippen LogP contribution is -2.14. The third kappa shape index (κ3) is 2.33. The van der Waals surface area contributed by atoms with Crippen molar-refractivity contribution in [1.29, 1.82) is 0 Å². The summed E-state index contributed by atoms with van der Waals surface area (Å²) in [5.41, 5.74) is 2.15. The quantitative estimate of drug-likeness (QED) is 0.799. The summed E-state index contributed by atoms with van der Waals surface area (Å²) >= 11 is 0. The van der Waals surface area contributed by atoms with Gasteiger partial charge in [-0.3, -0.25) is 10.4 Å². The molecule has 0 spiro atoms. The molecule has 0 saturated carbocycles. The van der Waals surface area contributed by atoms with Gasteiger partial charge in [0, 0.05) is 12.4 Å². The van der Waals surface area contributed by atoms with Crippen molar-refractivity contribution in [1.82, 2.24) is 4.57 Å². The number of anilines is 1. The number of benzene rings is 1. The second kappa shape index (κ2) is 4.61. The summed E-state index contributed by atoms with van der Waals surface area (Å²) in [6.45, 7) is 4.13. The zero-order valence-electron chi connectivity index (χ0n) is 9.91. The number of hydrogen-bond acceptors (Lipinski definition) is 3. The van der Waals surface area contributed by atoms with Crippen LogP contribution in [0.25, 0.3) is 5.69 Å². The molecule has 0 unspecified atom stereocenters. The van der Waals surface area contributed by atoms with Crippen LogP contribution in [0.2, 0.25) is 0 Å². The van der Waals surface area contributed by atoms with Gasteiger partial charge in [0.15, 0.2) is 0 Å². The Morgan fingerprint density at radius 3 is 2.29 bits per heavy atom. The van der Waals surface area contributed by atoms with E-state index in [1.165, 1.54) is 0 Å². The average molecular weight is 232 g/mol. The first-order valence-corrected chi connectivity index (χ1v) is 5.55. The molecular weight excluding hydrogens is 216 g/mol. The molecule has 2 N–H and O–H groups in total. The minimum atomic E-state index is 0.168. The summed E-state index contributed by atoms with van der Waals surface area (Å²) in [4.78, 5) is 0. The van der Waals surface area contributed by atoms with Gasteiger partial charge in [-0.1, -0.05) is 19.9 Å². The van der Waals surface area contributed by atoms with Crippen LogP contribution in [0.15, 0.2) is 42.7 Å². The maximum atomic E-state index is 9.29. The zero-order valence-corrected chi connectivity index (χ0v) is 9.91. The molecule has 0 aliphatic carbocycles. The summed E-state index contributed by atoms with van der Waals surface area (Å²) in [5.74, 6) is 0.340. The maximum absolute atomic E-state index is 9.29. The van der Waals surface area contributed by atoms with Crippen LogP contribution in [-0.4, -0.2) is 15.0 Å². The van der Waals surface area contributed by atoms with Gasteiger partial charge in [-0.15, -0.1) is 5.23 Å². The molecule has 1 aromatic heterocycles. The van der Waals surface area contributed by atoms with Crippen LogP contribution in [0.5, 0.6) is 0 Å². The normalized spacial score (nSPS) is 10.9. The summed E-state index contributed by atoms with van der Waals surface area (Å²) in [5, 5.41) is 18.7. The molecule has 17 heavy (non-hydrogen) atoms. The van der Waals surface area contributed by atoms with Crippen molar-refractivity contribution in [2.24, 2.45) is 0 Å². The number of hydrogen-bond donors (Lipinski definition) is 2. The predicted octanol–water partition coefficient (Wildman–Crippen LogP) is 3.19. The fourth-order valence-electron chi connectivity index (χ4n) is 1.77. The Bertz CT molecular complexity index is 490. The van der Waals surface area contributed by atoms with Gasteiger partial charge in [-0.2, -0.15) is 0 Å². The highest BCUT2D eigenvalue weighted by molar-refractivity contribution is 5.62. The highest BCUT2D eigenvalue weighted by atomic mass is 16.8.